The van der Waals surface area contributed by atoms with Gasteiger partial charge < -0.3 is 20.5 Å². The van der Waals surface area contributed by atoms with Crippen LogP contribution in [0.15, 0.2) is 48.5 Å². The van der Waals surface area contributed by atoms with Gasteiger partial charge in [0.2, 0.25) is 5.95 Å². The largest absolute Gasteiger partial charge is 0.573 e. The van der Waals surface area contributed by atoms with E-state index in [0.717, 1.165) is 18.2 Å². The van der Waals surface area contributed by atoms with Crippen molar-refractivity contribution in [3.63, 3.8) is 0 Å². The average Bonchev–Trinajstić information content (AvgIpc) is 2.72. The Balaban J connectivity index is 2.04. The summed E-state index contributed by atoms with van der Waals surface area (Å²) in [6, 6.07) is 12.0. The van der Waals surface area contributed by atoms with E-state index in [9.17, 15) is 27.9 Å². The zero-order valence-electron chi connectivity index (χ0n) is 16.6. The maximum Gasteiger partial charge on any atom is 0.573 e. The number of hydrogen-bond acceptors (Lipinski definition) is 7. The zero-order valence-corrected chi connectivity index (χ0v) is 16.6. The fourth-order valence-corrected chi connectivity index (χ4v) is 2.72. The Kier molecular flexibility index (Phi) is 6.75. The molecule has 0 fully saturated rings. The molecule has 1 atom stereocenters. The molecule has 0 unspecified atom stereocenters. The summed E-state index contributed by atoms with van der Waals surface area (Å²) < 4.78 is 55.6. The van der Waals surface area contributed by atoms with Gasteiger partial charge in [-0.05, 0) is 31.2 Å². The highest BCUT2D eigenvalue weighted by Crippen LogP contribution is 2.30. The van der Waals surface area contributed by atoms with Crippen LogP contribution in [0, 0.1) is 17.1 Å². The summed E-state index contributed by atoms with van der Waals surface area (Å²) in [7, 11) is 0. The van der Waals surface area contributed by atoms with Gasteiger partial charge in [0.15, 0.2) is 0 Å². The van der Waals surface area contributed by atoms with Gasteiger partial charge in [0.05, 0.1) is 18.0 Å². The van der Waals surface area contributed by atoms with Gasteiger partial charge in [-0.25, -0.2) is 9.37 Å². The van der Waals surface area contributed by atoms with E-state index in [1.165, 1.54) is 30.3 Å². The second-order valence-electron chi connectivity index (χ2n) is 6.66. The highest BCUT2D eigenvalue weighted by atomic mass is 19.4. The number of anilines is 3. The molecule has 1 aromatic heterocycles. The van der Waals surface area contributed by atoms with Crippen molar-refractivity contribution in [3.8, 4) is 23.1 Å². The van der Waals surface area contributed by atoms with Crippen molar-refractivity contribution in [2.45, 2.75) is 19.3 Å². The first-order valence-corrected chi connectivity index (χ1v) is 9.27. The summed E-state index contributed by atoms with van der Waals surface area (Å²) in [5.41, 5.74) is 0.424. The van der Waals surface area contributed by atoms with Crippen molar-refractivity contribution < 1.29 is 27.4 Å². The zero-order chi connectivity index (χ0) is 23.3. The van der Waals surface area contributed by atoms with Crippen molar-refractivity contribution in [2.24, 2.45) is 0 Å². The van der Waals surface area contributed by atoms with Crippen LogP contribution in [0.25, 0.3) is 11.3 Å². The monoisotopic (exact) mass is 447 g/mol. The summed E-state index contributed by atoms with van der Waals surface area (Å²) in [6.45, 7) is 1.44. The van der Waals surface area contributed by atoms with Gasteiger partial charge in [0, 0.05) is 17.7 Å². The first-order chi connectivity index (χ1) is 15.2. The number of aliphatic hydroxyl groups is 1. The molecule has 0 bridgehead atoms. The fourth-order valence-electron chi connectivity index (χ4n) is 2.72. The van der Waals surface area contributed by atoms with Gasteiger partial charge in [-0.2, -0.15) is 10.2 Å². The van der Waals surface area contributed by atoms with Gasteiger partial charge in [0.1, 0.15) is 29.0 Å². The van der Waals surface area contributed by atoms with E-state index in [0.29, 0.717) is 0 Å². The molecule has 3 aromatic rings. The van der Waals surface area contributed by atoms with Gasteiger partial charge in [0.25, 0.3) is 0 Å². The lowest BCUT2D eigenvalue weighted by molar-refractivity contribution is -0.274. The molecule has 1 heterocycles. The molecular formula is C21H17F4N5O2. The summed E-state index contributed by atoms with van der Waals surface area (Å²) in [5.74, 6) is -0.954. The maximum absolute atomic E-state index is 13.9. The third kappa shape index (κ3) is 5.83. The van der Waals surface area contributed by atoms with Crippen LogP contribution in [0.5, 0.6) is 5.75 Å². The molecule has 0 spiro atoms. The van der Waals surface area contributed by atoms with Crippen molar-refractivity contribution >= 4 is 17.5 Å². The minimum atomic E-state index is -4.86. The van der Waals surface area contributed by atoms with Crippen LogP contribution >= 0.6 is 0 Å². The first kappa shape index (κ1) is 22.8. The average molecular weight is 447 g/mol. The van der Waals surface area contributed by atoms with Crippen LogP contribution in [0.3, 0.4) is 0 Å². The fraction of sp³-hybridized carbons (Fsp3) is 0.190. The topological polar surface area (TPSA) is 103 Å². The lowest BCUT2D eigenvalue weighted by Gasteiger charge is -2.15. The Labute approximate surface area is 180 Å². The highest BCUT2D eigenvalue weighted by Gasteiger charge is 2.31. The number of rotatable bonds is 7. The standard InChI is InChI=1S/C21H17F4N5O2/c1-12(11-31)27-20-29-18(13-4-2-5-14(8-13)32-21(23,24)25)9-19(30-20)28-17-7-3-6-16(22)15(17)10-26/h2-9,12,31H,11H2,1H3,(H2,27,28,29,30)/t12-/m0/s1. The molecule has 11 heteroatoms. The molecule has 2 aromatic carbocycles. The van der Waals surface area contributed by atoms with Crippen molar-refractivity contribution in [3.05, 3.63) is 59.9 Å². The highest BCUT2D eigenvalue weighted by molar-refractivity contribution is 5.70. The Hall–Kier alpha value is -3.91. The molecule has 3 N–H and O–H groups in total. The third-order valence-corrected chi connectivity index (χ3v) is 4.13. The number of alkyl halides is 3. The summed E-state index contributed by atoms with van der Waals surface area (Å²) >= 11 is 0. The first-order valence-electron chi connectivity index (χ1n) is 9.27. The minimum absolute atomic E-state index is 0.0589. The molecule has 7 nitrogen and oxygen atoms in total. The third-order valence-electron chi connectivity index (χ3n) is 4.13. The van der Waals surface area contributed by atoms with E-state index in [-0.39, 0.29) is 40.9 Å². The lowest BCUT2D eigenvalue weighted by atomic mass is 10.1. The number of aliphatic hydroxyl groups excluding tert-OH is 1. The smallest absolute Gasteiger partial charge is 0.406 e. The predicted octanol–water partition coefficient (Wildman–Crippen LogP) is 4.59. The van der Waals surface area contributed by atoms with Crippen LogP contribution in [-0.2, 0) is 0 Å². The second kappa shape index (κ2) is 9.49. The van der Waals surface area contributed by atoms with E-state index in [4.69, 9.17) is 0 Å². The van der Waals surface area contributed by atoms with E-state index < -0.39 is 24.0 Å². The molecule has 166 valence electrons. The number of ether oxygens (including phenoxy) is 1. The van der Waals surface area contributed by atoms with Crippen molar-refractivity contribution in [1.82, 2.24) is 9.97 Å². The Morgan fingerprint density at radius 2 is 1.91 bits per heavy atom. The number of nitrogens with one attached hydrogen (secondary N) is 2. The van der Waals surface area contributed by atoms with E-state index in [2.05, 4.69) is 25.3 Å². The van der Waals surface area contributed by atoms with Gasteiger partial charge in [-0.3, -0.25) is 0 Å². The summed E-state index contributed by atoms with van der Waals surface area (Å²) in [4.78, 5) is 8.52. The number of nitrogens with zero attached hydrogens (tertiary/aromatic N) is 3. The number of benzene rings is 2. The molecule has 3 rings (SSSR count). The van der Waals surface area contributed by atoms with E-state index in [1.807, 2.05) is 0 Å². The molecule has 32 heavy (non-hydrogen) atoms. The Bertz CT molecular complexity index is 1150. The van der Waals surface area contributed by atoms with Crippen LogP contribution < -0.4 is 15.4 Å². The van der Waals surface area contributed by atoms with Gasteiger partial charge in [-0.1, -0.05) is 18.2 Å². The Morgan fingerprint density at radius 3 is 2.59 bits per heavy atom. The molecule has 0 saturated carbocycles. The predicted molar refractivity (Wildman–Crippen MR) is 109 cm³/mol. The van der Waals surface area contributed by atoms with E-state index >= 15 is 0 Å². The number of hydrogen-bond donors (Lipinski definition) is 3. The quantitative estimate of drug-likeness (QED) is 0.455. The van der Waals surface area contributed by atoms with Crippen LogP contribution in [-0.4, -0.2) is 34.1 Å². The molecule has 0 aliphatic carbocycles. The van der Waals surface area contributed by atoms with Gasteiger partial charge in [-0.15, -0.1) is 13.2 Å². The summed E-state index contributed by atoms with van der Waals surface area (Å²) in [6.07, 6.45) is -4.86. The molecule has 0 amide bonds. The maximum atomic E-state index is 13.9. The molecule has 0 aliphatic rings. The Morgan fingerprint density at radius 1 is 1.16 bits per heavy atom. The molecule has 0 radical (unpaired) electrons. The number of nitriles is 1. The minimum Gasteiger partial charge on any atom is -0.406 e. The SMILES string of the molecule is C[C@@H](CO)Nc1nc(Nc2cccc(F)c2C#N)cc(-c2cccc(OC(F)(F)F)c2)n1. The van der Waals surface area contributed by atoms with Crippen LogP contribution in [0.4, 0.5) is 35.0 Å². The van der Waals surface area contributed by atoms with Crippen LogP contribution in [0.2, 0.25) is 0 Å². The number of halogens is 4. The van der Waals surface area contributed by atoms with Crippen molar-refractivity contribution in [2.75, 3.05) is 17.2 Å². The summed E-state index contributed by atoms with van der Waals surface area (Å²) in [5, 5.41) is 24.2. The number of aromatic nitrogens is 2. The normalized spacial score (nSPS) is 12.0. The van der Waals surface area contributed by atoms with Gasteiger partial charge >= 0.3 is 6.36 Å². The molecule has 0 aliphatic heterocycles. The van der Waals surface area contributed by atoms with Crippen LogP contribution in [0.1, 0.15) is 12.5 Å². The molecule has 0 saturated heterocycles. The van der Waals surface area contributed by atoms with E-state index in [1.54, 1.807) is 13.0 Å². The lowest BCUT2D eigenvalue weighted by Crippen LogP contribution is -2.21. The molecular weight excluding hydrogens is 430 g/mol. The van der Waals surface area contributed by atoms with Crippen molar-refractivity contribution in [1.29, 1.82) is 5.26 Å². The second-order valence-corrected chi connectivity index (χ2v) is 6.66.